The summed E-state index contributed by atoms with van der Waals surface area (Å²) < 4.78 is 3.23. The standard InChI is InChI=1S/C18H20BrN3O/c19-14-3-1-2-13(10-14)15-4-5-16(18(20)23)22(15)17-11-21-8-6-12(17)7-9-21/h1-5,10,12,17H,6-9,11H2,(H2,20,23)/t17-/m0/s1. The van der Waals surface area contributed by atoms with E-state index in [0.29, 0.717) is 17.7 Å². The molecule has 1 amide bonds. The largest absolute Gasteiger partial charge is 0.364 e. The predicted molar refractivity (Wildman–Crippen MR) is 94.3 cm³/mol. The summed E-state index contributed by atoms with van der Waals surface area (Å²) in [5.74, 6) is 0.291. The topological polar surface area (TPSA) is 51.3 Å². The first-order chi connectivity index (χ1) is 11.1. The third-order valence-electron chi connectivity index (χ3n) is 5.24. The van der Waals surface area contributed by atoms with Gasteiger partial charge in [-0.1, -0.05) is 28.1 Å². The summed E-state index contributed by atoms with van der Waals surface area (Å²) in [6, 6.07) is 12.5. The van der Waals surface area contributed by atoms with Gasteiger partial charge in [0.25, 0.3) is 5.91 Å². The molecule has 0 radical (unpaired) electrons. The van der Waals surface area contributed by atoms with Gasteiger partial charge in [0.2, 0.25) is 0 Å². The molecule has 0 unspecified atom stereocenters. The van der Waals surface area contributed by atoms with Gasteiger partial charge in [0, 0.05) is 16.7 Å². The highest BCUT2D eigenvalue weighted by molar-refractivity contribution is 9.10. The second kappa shape index (κ2) is 5.80. The molecular weight excluding hydrogens is 354 g/mol. The summed E-state index contributed by atoms with van der Waals surface area (Å²) in [5, 5.41) is 0. The Balaban J connectivity index is 1.83. The number of hydrogen-bond donors (Lipinski definition) is 1. The molecule has 0 aliphatic carbocycles. The SMILES string of the molecule is NC(=O)c1ccc(-c2cccc(Br)c2)n1[C@H]1CN2CCC1CC2. The second-order valence-electron chi connectivity index (χ2n) is 6.55. The Labute approximate surface area is 144 Å². The molecule has 5 heteroatoms. The quantitative estimate of drug-likeness (QED) is 0.897. The van der Waals surface area contributed by atoms with Gasteiger partial charge in [-0.05, 0) is 61.7 Å². The molecular formula is C18H20BrN3O. The van der Waals surface area contributed by atoms with Crippen LogP contribution in [0.15, 0.2) is 40.9 Å². The second-order valence-corrected chi connectivity index (χ2v) is 7.47. The maximum Gasteiger partial charge on any atom is 0.265 e. The van der Waals surface area contributed by atoms with Crippen LogP contribution in [0.3, 0.4) is 0 Å². The number of rotatable bonds is 3. The lowest BCUT2D eigenvalue weighted by Crippen LogP contribution is -2.48. The van der Waals surface area contributed by atoms with E-state index in [1.165, 1.54) is 25.9 Å². The van der Waals surface area contributed by atoms with Crippen molar-refractivity contribution in [2.75, 3.05) is 19.6 Å². The first-order valence-electron chi connectivity index (χ1n) is 8.13. The fraction of sp³-hybridized carbons (Fsp3) is 0.389. The molecule has 3 aliphatic rings. The van der Waals surface area contributed by atoms with Crippen LogP contribution in [0, 0.1) is 5.92 Å². The van der Waals surface area contributed by atoms with Crippen molar-refractivity contribution in [2.24, 2.45) is 11.7 Å². The average molecular weight is 374 g/mol. The van der Waals surface area contributed by atoms with Crippen LogP contribution in [0.2, 0.25) is 0 Å². The number of aromatic nitrogens is 1. The Morgan fingerprint density at radius 2 is 1.96 bits per heavy atom. The van der Waals surface area contributed by atoms with Crippen molar-refractivity contribution in [3.8, 4) is 11.3 Å². The fourth-order valence-electron chi connectivity index (χ4n) is 4.12. The molecule has 5 rings (SSSR count). The molecule has 1 aromatic carbocycles. The number of hydrogen-bond acceptors (Lipinski definition) is 2. The van der Waals surface area contributed by atoms with Crippen LogP contribution in [0.4, 0.5) is 0 Å². The van der Waals surface area contributed by atoms with Crippen molar-refractivity contribution in [1.82, 2.24) is 9.47 Å². The zero-order valence-corrected chi connectivity index (χ0v) is 14.5. The van der Waals surface area contributed by atoms with Gasteiger partial charge in [-0.25, -0.2) is 0 Å². The lowest BCUT2D eigenvalue weighted by molar-refractivity contribution is 0.0561. The van der Waals surface area contributed by atoms with E-state index < -0.39 is 0 Å². The van der Waals surface area contributed by atoms with Crippen LogP contribution >= 0.6 is 15.9 Å². The van der Waals surface area contributed by atoms with Gasteiger partial charge in [-0.2, -0.15) is 0 Å². The zero-order valence-electron chi connectivity index (χ0n) is 12.9. The molecule has 2 aromatic rings. The molecule has 23 heavy (non-hydrogen) atoms. The van der Waals surface area contributed by atoms with Gasteiger partial charge in [0.1, 0.15) is 5.69 Å². The zero-order chi connectivity index (χ0) is 16.0. The van der Waals surface area contributed by atoms with Crippen LogP contribution in [-0.2, 0) is 0 Å². The number of halogens is 1. The molecule has 1 atom stereocenters. The van der Waals surface area contributed by atoms with Crippen molar-refractivity contribution in [3.63, 3.8) is 0 Å². The van der Waals surface area contributed by atoms with Gasteiger partial charge >= 0.3 is 0 Å². The number of nitrogens with two attached hydrogens (primary N) is 1. The number of carbonyl (C=O) groups excluding carboxylic acids is 1. The molecule has 120 valence electrons. The van der Waals surface area contributed by atoms with Crippen molar-refractivity contribution in [3.05, 3.63) is 46.6 Å². The van der Waals surface area contributed by atoms with Crippen molar-refractivity contribution >= 4 is 21.8 Å². The Morgan fingerprint density at radius 3 is 2.57 bits per heavy atom. The summed E-state index contributed by atoms with van der Waals surface area (Å²) in [4.78, 5) is 14.5. The number of piperidine rings is 3. The van der Waals surface area contributed by atoms with E-state index in [1.807, 2.05) is 24.3 Å². The van der Waals surface area contributed by atoms with Gasteiger partial charge in [-0.15, -0.1) is 0 Å². The molecule has 3 fully saturated rings. The van der Waals surface area contributed by atoms with E-state index in [9.17, 15) is 4.79 Å². The monoisotopic (exact) mass is 373 g/mol. The van der Waals surface area contributed by atoms with E-state index in [0.717, 1.165) is 22.3 Å². The maximum atomic E-state index is 12.0. The Kier molecular flexibility index (Phi) is 3.77. The van der Waals surface area contributed by atoms with E-state index in [2.05, 4.69) is 37.5 Å². The van der Waals surface area contributed by atoms with Crippen LogP contribution in [0.1, 0.15) is 29.4 Å². The van der Waals surface area contributed by atoms with E-state index in [1.54, 1.807) is 0 Å². The Hall–Kier alpha value is -1.59. The van der Waals surface area contributed by atoms with Gasteiger partial charge in [0.05, 0.1) is 6.04 Å². The van der Waals surface area contributed by atoms with Gasteiger partial charge < -0.3 is 15.2 Å². The molecule has 1 aromatic heterocycles. The third-order valence-corrected chi connectivity index (χ3v) is 5.74. The van der Waals surface area contributed by atoms with Crippen LogP contribution in [0.5, 0.6) is 0 Å². The van der Waals surface area contributed by atoms with Crippen molar-refractivity contribution < 1.29 is 4.79 Å². The molecule has 2 bridgehead atoms. The number of amides is 1. The summed E-state index contributed by atoms with van der Waals surface area (Å²) in [5.41, 5.74) is 8.48. The number of carbonyl (C=O) groups is 1. The minimum atomic E-state index is -0.345. The van der Waals surface area contributed by atoms with Crippen LogP contribution < -0.4 is 5.73 Å². The third kappa shape index (κ3) is 2.62. The minimum Gasteiger partial charge on any atom is -0.364 e. The van der Waals surface area contributed by atoms with Crippen molar-refractivity contribution in [2.45, 2.75) is 18.9 Å². The maximum absolute atomic E-state index is 12.0. The summed E-state index contributed by atoms with van der Waals surface area (Å²) in [6.45, 7) is 3.38. The highest BCUT2D eigenvalue weighted by Gasteiger charge is 2.37. The first kappa shape index (κ1) is 15.0. The van der Waals surface area contributed by atoms with Crippen LogP contribution in [-0.4, -0.2) is 35.0 Å². The molecule has 2 N–H and O–H groups in total. The number of fused-ring (bicyclic) bond motifs is 3. The van der Waals surface area contributed by atoms with E-state index >= 15 is 0 Å². The number of nitrogens with zero attached hydrogens (tertiary/aromatic N) is 2. The van der Waals surface area contributed by atoms with Crippen LogP contribution in [0.25, 0.3) is 11.3 Å². The lowest BCUT2D eigenvalue weighted by atomic mass is 9.83. The fourth-order valence-corrected chi connectivity index (χ4v) is 4.52. The molecule has 4 heterocycles. The summed E-state index contributed by atoms with van der Waals surface area (Å²) in [7, 11) is 0. The van der Waals surface area contributed by atoms with E-state index in [-0.39, 0.29) is 5.91 Å². The molecule has 4 nitrogen and oxygen atoms in total. The number of benzene rings is 1. The highest BCUT2D eigenvalue weighted by Crippen LogP contribution is 2.39. The van der Waals surface area contributed by atoms with Crippen molar-refractivity contribution in [1.29, 1.82) is 0 Å². The smallest absolute Gasteiger partial charge is 0.265 e. The normalized spacial score (nSPS) is 26.4. The number of primary amides is 1. The molecule has 3 saturated heterocycles. The van der Waals surface area contributed by atoms with E-state index in [4.69, 9.17) is 5.73 Å². The summed E-state index contributed by atoms with van der Waals surface area (Å²) in [6.07, 6.45) is 2.41. The molecule has 3 aliphatic heterocycles. The molecule has 0 spiro atoms. The Bertz CT molecular complexity index is 746. The highest BCUT2D eigenvalue weighted by atomic mass is 79.9. The first-order valence-corrected chi connectivity index (χ1v) is 8.92. The predicted octanol–water partition coefficient (Wildman–Crippen LogP) is 3.28. The lowest BCUT2D eigenvalue weighted by Gasteiger charge is -2.46. The summed E-state index contributed by atoms with van der Waals surface area (Å²) >= 11 is 3.54. The minimum absolute atomic E-state index is 0.337. The van der Waals surface area contributed by atoms with Gasteiger partial charge in [0.15, 0.2) is 0 Å². The average Bonchev–Trinajstić information content (AvgIpc) is 3.01. The molecule has 0 saturated carbocycles. The van der Waals surface area contributed by atoms with Gasteiger partial charge in [-0.3, -0.25) is 4.79 Å². The Morgan fingerprint density at radius 1 is 1.17 bits per heavy atom.